The van der Waals surface area contributed by atoms with Crippen LogP contribution in [0.3, 0.4) is 0 Å². The predicted molar refractivity (Wildman–Crippen MR) is 65.9 cm³/mol. The molecule has 0 rings (SSSR count). The Kier molecular flexibility index (Phi) is 6.80. The second-order valence-corrected chi connectivity index (χ2v) is 6.76. The molecule has 98 valence electrons. The van der Waals surface area contributed by atoms with Crippen molar-refractivity contribution in [2.24, 2.45) is 0 Å². The fourth-order valence-corrected chi connectivity index (χ4v) is 4.68. The molecule has 16 heavy (non-hydrogen) atoms. The molecule has 0 aromatic heterocycles. The van der Waals surface area contributed by atoms with Gasteiger partial charge in [0.25, 0.3) is 0 Å². The quantitative estimate of drug-likeness (QED) is 0.674. The third-order valence-electron chi connectivity index (χ3n) is 3.17. The molecule has 0 aliphatic carbocycles. The molecule has 0 saturated heterocycles. The van der Waals surface area contributed by atoms with E-state index in [0.29, 0.717) is 12.8 Å². The third kappa shape index (κ3) is 2.86. The van der Waals surface area contributed by atoms with Crippen molar-refractivity contribution in [2.75, 3.05) is 14.2 Å². The van der Waals surface area contributed by atoms with Gasteiger partial charge in [-0.05, 0) is 19.8 Å². The zero-order valence-electron chi connectivity index (χ0n) is 11.0. The summed E-state index contributed by atoms with van der Waals surface area (Å²) in [6, 6.07) is 0. The first kappa shape index (κ1) is 16.1. The van der Waals surface area contributed by atoms with E-state index in [1.807, 2.05) is 13.8 Å². The molecule has 0 aliphatic rings. The first-order chi connectivity index (χ1) is 7.44. The lowest BCUT2D eigenvalue weighted by Gasteiger charge is -2.40. The Labute approximate surface area is 98.9 Å². The van der Waals surface area contributed by atoms with Gasteiger partial charge in [-0.15, -0.1) is 0 Å². The average molecular weight is 252 g/mol. The van der Waals surface area contributed by atoms with Gasteiger partial charge in [0.2, 0.25) is 0 Å². The molecule has 1 atom stereocenters. The minimum Gasteiger partial charge on any atom is -0.392 e. The molecule has 1 N–H and O–H groups in total. The van der Waals surface area contributed by atoms with E-state index >= 15 is 0 Å². The molecule has 0 heterocycles. The number of hydrogen-bond donors (Lipinski definition) is 1. The van der Waals surface area contributed by atoms with E-state index in [-0.39, 0.29) is 0 Å². The summed E-state index contributed by atoms with van der Waals surface area (Å²) in [4.78, 5) is 0. The van der Waals surface area contributed by atoms with Gasteiger partial charge in [0.15, 0.2) is 0 Å². The van der Waals surface area contributed by atoms with Crippen LogP contribution in [0.15, 0.2) is 0 Å². The predicted octanol–water partition coefficient (Wildman–Crippen LogP) is 3.19. The Morgan fingerprint density at radius 2 is 1.56 bits per heavy atom. The zero-order chi connectivity index (χ0) is 12.8. The van der Waals surface area contributed by atoms with Gasteiger partial charge in [-0.2, -0.15) is 0 Å². The minimum atomic E-state index is -3.26. The maximum absolute atomic E-state index is 12.6. The lowest BCUT2D eigenvalue weighted by Crippen LogP contribution is -2.41. The molecule has 0 amide bonds. The van der Waals surface area contributed by atoms with E-state index in [0.717, 1.165) is 12.8 Å². The number of aliphatic hydroxyl groups excluding tert-OH is 1. The van der Waals surface area contributed by atoms with Crippen molar-refractivity contribution < 1.29 is 18.7 Å². The summed E-state index contributed by atoms with van der Waals surface area (Å²) < 4.78 is 22.8. The van der Waals surface area contributed by atoms with Crippen molar-refractivity contribution in [3.05, 3.63) is 0 Å². The topological polar surface area (TPSA) is 55.8 Å². The van der Waals surface area contributed by atoms with Crippen LogP contribution in [0.4, 0.5) is 0 Å². The summed E-state index contributed by atoms with van der Waals surface area (Å²) >= 11 is 0. The van der Waals surface area contributed by atoms with Crippen LogP contribution in [-0.2, 0) is 13.6 Å². The Bertz CT molecular complexity index is 226. The normalized spacial score (nSPS) is 15.1. The highest BCUT2D eigenvalue weighted by atomic mass is 31.2. The van der Waals surface area contributed by atoms with Crippen molar-refractivity contribution in [2.45, 2.75) is 57.7 Å². The summed E-state index contributed by atoms with van der Waals surface area (Å²) in [6.45, 7) is 5.67. The van der Waals surface area contributed by atoms with Crippen LogP contribution < -0.4 is 0 Å². The number of rotatable bonds is 8. The van der Waals surface area contributed by atoms with E-state index in [1.54, 1.807) is 6.92 Å². The second-order valence-electron chi connectivity index (χ2n) is 4.14. The van der Waals surface area contributed by atoms with Gasteiger partial charge < -0.3 is 14.2 Å². The first-order valence-corrected chi connectivity index (χ1v) is 7.38. The van der Waals surface area contributed by atoms with Crippen LogP contribution in [0, 0.1) is 0 Å². The molecule has 0 bridgehead atoms. The molecular weight excluding hydrogens is 227 g/mol. The Hall–Kier alpha value is 0.110. The van der Waals surface area contributed by atoms with Gasteiger partial charge in [0, 0.05) is 14.2 Å². The average Bonchev–Trinajstić information content (AvgIpc) is 2.27. The van der Waals surface area contributed by atoms with E-state index in [1.165, 1.54) is 14.2 Å². The molecule has 4 nitrogen and oxygen atoms in total. The molecule has 0 spiro atoms. The first-order valence-electron chi connectivity index (χ1n) is 5.83. The van der Waals surface area contributed by atoms with Crippen LogP contribution in [0.1, 0.15) is 46.5 Å². The van der Waals surface area contributed by atoms with Crippen LogP contribution >= 0.6 is 7.60 Å². The standard InChI is InChI=1S/C11H25O4P/c1-6-8-11(9-7-2,10(3)12)16(13,14-4)15-5/h10,12H,6-9H2,1-5H3. The summed E-state index contributed by atoms with van der Waals surface area (Å²) in [5.74, 6) is 0. The maximum atomic E-state index is 12.6. The van der Waals surface area contributed by atoms with Gasteiger partial charge in [0.05, 0.1) is 11.3 Å². The second kappa shape index (κ2) is 6.75. The monoisotopic (exact) mass is 252 g/mol. The van der Waals surface area contributed by atoms with Crippen molar-refractivity contribution in [1.29, 1.82) is 0 Å². The molecule has 1 unspecified atom stereocenters. The van der Waals surface area contributed by atoms with Crippen LogP contribution in [0.25, 0.3) is 0 Å². The third-order valence-corrected chi connectivity index (χ3v) is 6.04. The highest BCUT2D eigenvalue weighted by molar-refractivity contribution is 7.55. The smallest absolute Gasteiger partial charge is 0.338 e. The Morgan fingerprint density at radius 1 is 1.19 bits per heavy atom. The lowest BCUT2D eigenvalue weighted by molar-refractivity contribution is 0.102. The van der Waals surface area contributed by atoms with E-state index < -0.39 is 18.9 Å². The van der Waals surface area contributed by atoms with E-state index in [9.17, 15) is 9.67 Å². The van der Waals surface area contributed by atoms with Gasteiger partial charge >= 0.3 is 7.60 Å². The zero-order valence-corrected chi connectivity index (χ0v) is 11.9. The molecule has 0 aromatic carbocycles. The molecule has 0 fully saturated rings. The number of hydrogen-bond acceptors (Lipinski definition) is 4. The fraction of sp³-hybridized carbons (Fsp3) is 1.00. The van der Waals surface area contributed by atoms with Crippen LogP contribution in [-0.4, -0.2) is 30.6 Å². The van der Waals surface area contributed by atoms with Crippen molar-refractivity contribution in [1.82, 2.24) is 0 Å². The highest BCUT2D eigenvalue weighted by Crippen LogP contribution is 2.64. The van der Waals surface area contributed by atoms with Crippen LogP contribution in [0.2, 0.25) is 0 Å². The van der Waals surface area contributed by atoms with E-state index in [2.05, 4.69) is 0 Å². The maximum Gasteiger partial charge on any atom is 0.338 e. The van der Waals surface area contributed by atoms with Gasteiger partial charge in [0.1, 0.15) is 0 Å². The van der Waals surface area contributed by atoms with Gasteiger partial charge in [-0.3, -0.25) is 4.57 Å². The molecule has 0 saturated carbocycles. The highest BCUT2D eigenvalue weighted by Gasteiger charge is 2.51. The summed E-state index contributed by atoms with van der Waals surface area (Å²) in [5.41, 5.74) is 0. The summed E-state index contributed by atoms with van der Waals surface area (Å²) in [5, 5.41) is 9.21. The minimum absolute atomic E-state index is 0.636. The largest absolute Gasteiger partial charge is 0.392 e. The molecule has 0 aliphatic heterocycles. The summed E-state index contributed by atoms with van der Waals surface area (Å²) in [7, 11) is -0.498. The van der Waals surface area contributed by atoms with Crippen molar-refractivity contribution >= 4 is 7.60 Å². The SMILES string of the molecule is CCCC(CCC)(C(C)O)P(=O)(OC)OC. The molecule has 0 aromatic rings. The van der Waals surface area contributed by atoms with Gasteiger partial charge in [-0.25, -0.2) is 0 Å². The van der Waals surface area contributed by atoms with Gasteiger partial charge in [-0.1, -0.05) is 26.7 Å². The van der Waals surface area contributed by atoms with Crippen molar-refractivity contribution in [3.63, 3.8) is 0 Å². The van der Waals surface area contributed by atoms with Crippen LogP contribution in [0.5, 0.6) is 0 Å². The Morgan fingerprint density at radius 3 is 1.75 bits per heavy atom. The molecule has 0 radical (unpaired) electrons. The summed E-state index contributed by atoms with van der Waals surface area (Å²) in [6.07, 6.45) is 2.23. The molecular formula is C11H25O4P. The number of aliphatic hydroxyl groups is 1. The van der Waals surface area contributed by atoms with Crippen molar-refractivity contribution in [3.8, 4) is 0 Å². The Balaban J connectivity index is 5.38. The molecule has 5 heteroatoms. The fourth-order valence-electron chi connectivity index (χ4n) is 2.35. The lowest BCUT2D eigenvalue weighted by atomic mass is 9.92. The van der Waals surface area contributed by atoms with E-state index in [4.69, 9.17) is 9.05 Å².